The molecular formula is C12H12ClIN2O3S. The molecule has 0 aliphatic heterocycles. The van der Waals surface area contributed by atoms with Gasteiger partial charge in [0.2, 0.25) is 10.0 Å². The molecule has 1 unspecified atom stereocenters. The first kappa shape index (κ1) is 15.7. The van der Waals surface area contributed by atoms with Crippen LogP contribution in [0.2, 0.25) is 5.15 Å². The minimum atomic E-state index is -3.88. The van der Waals surface area contributed by atoms with Crippen LogP contribution in [0.1, 0.15) is 12.0 Å². The highest BCUT2D eigenvalue weighted by Crippen LogP contribution is 2.39. The third-order valence-corrected chi connectivity index (χ3v) is 5.71. The number of pyridine rings is 1. The zero-order valence-electron chi connectivity index (χ0n) is 10.5. The van der Waals surface area contributed by atoms with Crippen molar-refractivity contribution < 1.29 is 13.2 Å². The van der Waals surface area contributed by atoms with Gasteiger partial charge in [-0.2, -0.15) is 0 Å². The van der Waals surface area contributed by atoms with Crippen LogP contribution < -0.4 is 5.14 Å². The van der Waals surface area contributed by atoms with Crippen molar-refractivity contribution in [2.75, 3.05) is 7.11 Å². The van der Waals surface area contributed by atoms with E-state index in [-0.39, 0.29) is 6.42 Å². The third kappa shape index (κ3) is 2.72. The van der Waals surface area contributed by atoms with Gasteiger partial charge in [-0.1, -0.05) is 23.7 Å². The molecule has 1 heterocycles. The molecule has 0 bridgehead atoms. The number of hydrogen-bond acceptors (Lipinski definition) is 4. The predicted octanol–water partition coefficient (Wildman–Crippen LogP) is 2.31. The van der Waals surface area contributed by atoms with Gasteiger partial charge in [0, 0.05) is 5.56 Å². The van der Waals surface area contributed by atoms with Gasteiger partial charge in [0.25, 0.3) is 0 Å². The molecule has 1 aromatic heterocycles. The summed E-state index contributed by atoms with van der Waals surface area (Å²) in [5, 5.41) is 5.76. The first-order chi connectivity index (χ1) is 9.30. The number of allylic oxidation sites excluding steroid dienone is 2. The fourth-order valence-electron chi connectivity index (χ4n) is 2.05. The van der Waals surface area contributed by atoms with Crippen LogP contribution in [0.5, 0.6) is 0 Å². The molecule has 8 heteroatoms. The summed E-state index contributed by atoms with van der Waals surface area (Å²) in [6.45, 7) is 0. The summed E-state index contributed by atoms with van der Waals surface area (Å²) in [5.74, 6) is 0.598. The molecule has 0 fully saturated rings. The van der Waals surface area contributed by atoms with Gasteiger partial charge in [0.1, 0.15) is 19.4 Å². The van der Waals surface area contributed by atoms with Gasteiger partial charge in [-0.3, -0.25) is 0 Å². The Morgan fingerprint density at radius 3 is 2.65 bits per heavy atom. The maximum Gasteiger partial charge on any atom is 0.223 e. The lowest BCUT2D eigenvalue weighted by molar-refractivity contribution is 0.302. The Morgan fingerprint density at radius 1 is 1.50 bits per heavy atom. The van der Waals surface area contributed by atoms with Gasteiger partial charge >= 0.3 is 0 Å². The van der Waals surface area contributed by atoms with E-state index in [4.69, 9.17) is 21.5 Å². The smallest absolute Gasteiger partial charge is 0.223 e. The van der Waals surface area contributed by atoms with Crippen molar-refractivity contribution >= 4 is 44.2 Å². The van der Waals surface area contributed by atoms with Crippen LogP contribution in [0.3, 0.4) is 0 Å². The minimum Gasteiger partial charge on any atom is -0.497 e. The number of halogens is 2. The van der Waals surface area contributed by atoms with Crippen molar-refractivity contribution in [2.24, 2.45) is 5.14 Å². The molecule has 0 saturated carbocycles. The number of methoxy groups -OCH3 is 1. The van der Waals surface area contributed by atoms with Crippen molar-refractivity contribution in [1.82, 2.24) is 4.98 Å². The SMILES string of the molecule is COC1=CCC(c2ccc(Cl)nc2I)(S(N)(=O)=O)C=C1. The summed E-state index contributed by atoms with van der Waals surface area (Å²) in [6.07, 6.45) is 5.01. The summed E-state index contributed by atoms with van der Waals surface area (Å²) in [7, 11) is -2.36. The van der Waals surface area contributed by atoms with E-state index in [2.05, 4.69) is 4.98 Å². The van der Waals surface area contributed by atoms with Gasteiger partial charge in [0.15, 0.2) is 0 Å². The Kier molecular flexibility index (Phi) is 4.43. The fraction of sp³-hybridized carbons (Fsp3) is 0.250. The molecule has 0 aromatic carbocycles. The quantitative estimate of drug-likeness (QED) is 0.594. The second-order valence-electron chi connectivity index (χ2n) is 4.25. The van der Waals surface area contributed by atoms with Crippen LogP contribution in [0.4, 0.5) is 0 Å². The molecule has 20 heavy (non-hydrogen) atoms. The summed E-state index contributed by atoms with van der Waals surface area (Å²) in [4.78, 5) is 4.09. The normalized spacial score (nSPS) is 22.5. The summed E-state index contributed by atoms with van der Waals surface area (Å²) in [5.41, 5.74) is 0.507. The maximum absolute atomic E-state index is 12.1. The molecule has 2 rings (SSSR count). The number of aromatic nitrogens is 1. The number of ether oxygens (including phenoxy) is 1. The average Bonchev–Trinajstić information content (AvgIpc) is 2.37. The highest BCUT2D eigenvalue weighted by atomic mass is 127. The van der Waals surface area contributed by atoms with E-state index in [1.165, 1.54) is 13.2 Å². The highest BCUT2D eigenvalue weighted by Gasteiger charge is 2.43. The van der Waals surface area contributed by atoms with Gasteiger partial charge in [-0.15, -0.1) is 0 Å². The second-order valence-corrected chi connectivity index (χ2v) is 7.48. The summed E-state index contributed by atoms with van der Waals surface area (Å²) < 4.78 is 28.5. The van der Waals surface area contributed by atoms with E-state index < -0.39 is 14.8 Å². The van der Waals surface area contributed by atoms with Crippen molar-refractivity contribution in [3.8, 4) is 0 Å². The lowest BCUT2D eigenvalue weighted by atomic mass is 9.92. The van der Waals surface area contributed by atoms with Gasteiger partial charge < -0.3 is 4.74 Å². The molecule has 1 aromatic rings. The zero-order valence-corrected chi connectivity index (χ0v) is 14.2. The lowest BCUT2D eigenvalue weighted by Gasteiger charge is -2.30. The van der Waals surface area contributed by atoms with Crippen molar-refractivity contribution in [1.29, 1.82) is 0 Å². The molecule has 1 aliphatic carbocycles. The van der Waals surface area contributed by atoms with E-state index in [9.17, 15) is 8.42 Å². The van der Waals surface area contributed by atoms with Crippen LogP contribution in [0.15, 0.2) is 36.1 Å². The van der Waals surface area contributed by atoms with Crippen molar-refractivity contribution in [3.63, 3.8) is 0 Å². The first-order valence-electron chi connectivity index (χ1n) is 5.58. The largest absolute Gasteiger partial charge is 0.497 e. The standard InChI is InChI=1S/C12H12ClIN2O3S/c1-19-8-4-6-12(7-5-8,20(15,17)18)9-2-3-10(13)16-11(9)14/h2-6H,7H2,1H3,(H2,15,17,18). The van der Waals surface area contributed by atoms with Crippen LogP contribution in [-0.4, -0.2) is 20.5 Å². The molecule has 0 radical (unpaired) electrons. The molecule has 108 valence electrons. The number of primary sulfonamides is 1. The van der Waals surface area contributed by atoms with E-state index in [0.29, 0.717) is 20.2 Å². The summed E-state index contributed by atoms with van der Waals surface area (Å²) >= 11 is 7.77. The van der Waals surface area contributed by atoms with Crippen LogP contribution >= 0.6 is 34.2 Å². The zero-order chi connectivity index (χ0) is 15.0. The molecule has 5 nitrogen and oxygen atoms in total. The second kappa shape index (κ2) is 5.63. The fourth-order valence-corrected chi connectivity index (χ4v) is 4.49. The Hall–Kier alpha value is -0.640. The van der Waals surface area contributed by atoms with E-state index in [1.807, 2.05) is 22.6 Å². The Balaban J connectivity index is 2.62. The molecule has 0 amide bonds. The number of sulfonamides is 1. The van der Waals surface area contributed by atoms with E-state index in [0.717, 1.165) is 0 Å². The number of rotatable bonds is 3. The van der Waals surface area contributed by atoms with E-state index >= 15 is 0 Å². The summed E-state index contributed by atoms with van der Waals surface area (Å²) in [6, 6.07) is 3.19. The van der Waals surface area contributed by atoms with Gasteiger partial charge in [-0.05, 0) is 47.2 Å². The van der Waals surface area contributed by atoms with Crippen LogP contribution in [-0.2, 0) is 19.5 Å². The minimum absolute atomic E-state index is 0.185. The molecular weight excluding hydrogens is 415 g/mol. The molecule has 1 atom stereocenters. The Morgan fingerprint density at radius 2 is 2.20 bits per heavy atom. The molecule has 1 aliphatic rings. The first-order valence-corrected chi connectivity index (χ1v) is 8.59. The van der Waals surface area contributed by atoms with Gasteiger partial charge in [-0.25, -0.2) is 18.5 Å². The average molecular weight is 427 g/mol. The highest BCUT2D eigenvalue weighted by molar-refractivity contribution is 14.1. The Labute approximate surface area is 136 Å². The third-order valence-electron chi connectivity index (χ3n) is 3.14. The predicted molar refractivity (Wildman–Crippen MR) is 85.6 cm³/mol. The molecule has 0 spiro atoms. The lowest BCUT2D eigenvalue weighted by Crippen LogP contribution is -2.40. The number of nitrogens with zero attached hydrogens (tertiary/aromatic N) is 1. The van der Waals surface area contributed by atoms with Crippen molar-refractivity contribution in [3.05, 3.63) is 50.5 Å². The van der Waals surface area contributed by atoms with Gasteiger partial charge in [0.05, 0.1) is 7.11 Å². The van der Waals surface area contributed by atoms with Crippen molar-refractivity contribution in [2.45, 2.75) is 11.2 Å². The number of nitrogens with two attached hydrogens (primary N) is 1. The monoisotopic (exact) mass is 426 g/mol. The maximum atomic E-state index is 12.1. The number of hydrogen-bond donors (Lipinski definition) is 1. The molecule has 2 N–H and O–H groups in total. The van der Waals surface area contributed by atoms with Crippen LogP contribution in [0.25, 0.3) is 0 Å². The topological polar surface area (TPSA) is 82.3 Å². The molecule has 0 saturated heterocycles. The Bertz CT molecular complexity index is 703. The van der Waals surface area contributed by atoms with E-state index in [1.54, 1.807) is 24.3 Å². The van der Waals surface area contributed by atoms with Crippen LogP contribution in [0, 0.1) is 3.70 Å².